The van der Waals surface area contributed by atoms with Crippen molar-refractivity contribution in [1.82, 2.24) is 34.9 Å². The predicted octanol–water partition coefficient (Wildman–Crippen LogP) is 3.22. The third-order valence-electron chi connectivity index (χ3n) is 9.09. The number of aryl methyl sites for hydroxylation is 1. The second-order valence-corrected chi connectivity index (χ2v) is 13.0. The first-order chi connectivity index (χ1) is 22.7. The summed E-state index contributed by atoms with van der Waals surface area (Å²) in [5, 5.41) is 16.3. The van der Waals surface area contributed by atoms with E-state index in [2.05, 4.69) is 37.6 Å². The van der Waals surface area contributed by atoms with Crippen molar-refractivity contribution < 1.29 is 28.3 Å². The molecule has 3 N–H and O–H groups in total. The van der Waals surface area contributed by atoms with Crippen LogP contribution in [0.25, 0.3) is 0 Å². The van der Waals surface area contributed by atoms with Gasteiger partial charge in [0.25, 0.3) is 11.8 Å². The summed E-state index contributed by atoms with van der Waals surface area (Å²) in [5.74, 6) is -2.66. The summed E-state index contributed by atoms with van der Waals surface area (Å²) >= 11 is 0.906. The number of hydrogen-bond donors (Lipinski definition) is 3. The van der Waals surface area contributed by atoms with E-state index in [0.29, 0.717) is 50.0 Å². The smallest absolute Gasteiger partial charge is 0.270 e. The predicted molar refractivity (Wildman–Crippen MR) is 172 cm³/mol. The van der Waals surface area contributed by atoms with E-state index >= 15 is 4.39 Å². The van der Waals surface area contributed by atoms with Crippen molar-refractivity contribution in [3.8, 4) is 0 Å². The first kappa shape index (κ1) is 34.1. The number of rotatable bonds is 11. The van der Waals surface area contributed by atoms with Crippen LogP contribution in [0.4, 0.5) is 10.1 Å². The summed E-state index contributed by atoms with van der Waals surface area (Å²) in [4.78, 5) is 55.4. The minimum Gasteiger partial charge on any atom is -0.378 e. The highest BCUT2D eigenvalue weighted by molar-refractivity contribution is 7.07. The molecule has 47 heavy (non-hydrogen) atoms. The Labute approximate surface area is 276 Å². The van der Waals surface area contributed by atoms with Gasteiger partial charge < -0.3 is 25.6 Å². The Hall–Kier alpha value is -4.24. The van der Waals surface area contributed by atoms with E-state index in [0.717, 1.165) is 37.2 Å². The van der Waals surface area contributed by atoms with Gasteiger partial charge in [0.05, 0.1) is 25.1 Å². The van der Waals surface area contributed by atoms with E-state index < -0.39 is 41.5 Å². The highest BCUT2D eigenvalue weighted by Gasteiger charge is 2.35. The Morgan fingerprint density at radius 1 is 1.06 bits per heavy atom. The fourth-order valence-electron chi connectivity index (χ4n) is 6.19. The maximum atomic E-state index is 15.7. The van der Waals surface area contributed by atoms with Gasteiger partial charge in [-0.25, -0.2) is 4.39 Å². The van der Waals surface area contributed by atoms with E-state index in [1.54, 1.807) is 28.6 Å². The number of halogens is 1. The molecular formula is C32H41FN8O5S. The zero-order chi connectivity index (χ0) is 33.5. The van der Waals surface area contributed by atoms with Crippen molar-refractivity contribution >= 4 is 40.8 Å². The lowest BCUT2D eigenvalue weighted by atomic mass is 9.79. The zero-order valence-electron chi connectivity index (χ0n) is 26.8. The van der Waals surface area contributed by atoms with Crippen LogP contribution < -0.4 is 16.0 Å². The number of carbonyl (C=O) groups is 4. The second kappa shape index (κ2) is 15.6. The maximum Gasteiger partial charge on any atom is 0.270 e. The fourth-order valence-corrected chi connectivity index (χ4v) is 6.61. The monoisotopic (exact) mass is 668 g/mol. The summed E-state index contributed by atoms with van der Waals surface area (Å²) in [6.45, 7) is 7.78. The standard InChI is InChI=1S/C32H41FN8O5S/c1-4-41-25(11-12-35-41)29(42)38-28(21-7-5-19(2)6-8-21)31(44)36-24-10-9-22(17-23(24)33)20(3)27(32(45)40-13-15-46-16-14-40)37-30(43)26-18-34-39-47-26/h9-12,17-21,27-28H,4-8,13-16H2,1-3H3,(H,36,44)(H,37,43)(H,38,42)/t19-,20-,21-,27+,28-/m0/s1. The summed E-state index contributed by atoms with van der Waals surface area (Å²) in [7, 11) is 0. The van der Waals surface area contributed by atoms with Crippen LogP contribution in [-0.4, -0.2) is 86.3 Å². The molecule has 3 atom stereocenters. The molecule has 1 saturated heterocycles. The Kier molecular flexibility index (Phi) is 11.3. The molecule has 1 aromatic carbocycles. The Balaban J connectivity index is 1.34. The number of anilines is 1. The highest BCUT2D eigenvalue weighted by Crippen LogP contribution is 2.32. The van der Waals surface area contributed by atoms with Gasteiger partial charge >= 0.3 is 0 Å². The number of carbonyl (C=O) groups excluding carboxylic acids is 4. The molecule has 5 rings (SSSR count). The number of benzene rings is 1. The summed E-state index contributed by atoms with van der Waals surface area (Å²) < 4.78 is 26.3. The fraction of sp³-hybridized carbons (Fsp3) is 0.531. The van der Waals surface area contributed by atoms with Crippen LogP contribution in [0, 0.1) is 17.7 Å². The van der Waals surface area contributed by atoms with Crippen molar-refractivity contribution in [3.63, 3.8) is 0 Å². The topological polar surface area (TPSA) is 160 Å². The van der Waals surface area contributed by atoms with Crippen LogP contribution >= 0.6 is 11.5 Å². The molecule has 15 heteroatoms. The van der Waals surface area contributed by atoms with E-state index in [1.807, 2.05) is 6.92 Å². The first-order valence-corrected chi connectivity index (χ1v) is 16.8. The van der Waals surface area contributed by atoms with Crippen LogP contribution in [0.2, 0.25) is 0 Å². The van der Waals surface area contributed by atoms with Gasteiger partial charge in [0.15, 0.2) is 0 Å². The lowest BCUT2D eigenvalue weighted by molar-refractivity contribution is -0.137. The molecular weight excluding hydrogens is 627 g/mol. The van der Waals surface area contributed by atoms with E-state index in [9.17, 15) is 19.2 Å². The SMILES string of the molecule is CCn1nccc1C(=O)N[C@H](C(=O)Nc1ccc([C@H](C)[C@@H](NC(=O)c2cnns2)C(=O)N2CCOCC2)cc1F)[C@H]1CC[C@H](C)CC1. The van der Waals surface area contributed by atoms with Crippen LogP contribution in [0.3, 0.4) is 0 Å². The lowest BCUT2D eigenvalue weighted by Crippen LogP contribution is -2.53. The first-order valence-electron chi connectivity index (χ1n) is 16.0. The molecule has 2 aliphatic rings. The molecule has 4 amide bonds. The third kappa shape index (κ3) is 8.19. The Morgan fingerprint density at radius 3 is 2.47 bits per heavy atom. The number of nitrogens with one attached hydrogen (secondary N) is 3. The molecule has 0 bridgehead atoms. The Bertz CT molecular complexity index is 1550. The van der Waals surface area contributed by atoms with Gasteiger partial charge in [0.2, 0.25) is 11.8 Å². The summed E-state index contributed by atoms with van der Waals surface area (Å²) in [6, 6.07) is 4.05. The van der Waals surface area contributed by atoms with E-state index in [4.69, 9.17) is 4.74 Å². The van der Waals surface area contributed by atoms with Gasteiger partial charge in [-0.1, -0.05) is 37.2 Å². The average Bonchev–Trinajstić information content (AvgIpc) is 3.80. The van der Waals surface area contributed by atoms with Gasteiger partial charge in [-0.2, -0.15) is 5.10 Å². The van der Waals surface area contributed by atoms with E-state index in [-0.39, 0.29) is 22.4 Å². The molecule has 1 saturated carbocycles. The zero-order valence-corrected chi connectivity index (χ0v) is 27.6. The quantitative estimate of drug-likeness (QED) is 0.281. The molecule has 2 fully saturated rings. The number of aromatic nitrogens is 4. The van der Waals surface area contributed by atoms with Crippen molar-refractivity contribution in [2.45, 2.75) is 71.0 Å². The number of morpholine rings is 1. The average molecular weight is 669 g/mol. The van der Waals surface area contributed by atoms with Crippen LogP contribution in [0.5, 0.6) is 0 Å². The van der Waals surface area contributed by atoms with Crippen LogP contribution in [-0.2, 0) is 20.9 Å². The van der Waals surface area contributed by atoms with Gasteiger partial charge in [-0.15, -0.1) is 5.10 Å². The summed E-state index contributed by atoms with van der Waals surface area (Å²) in [5.41, 5.74) is 0.747. The molecule has 1 aliphatic heterocycles. The van der Waals surface area contributed by atoms with Crippen molar-refractivity contribution in [1.29, 1.82) is 0 Å². The molecule has 13 nitrogen and oxygen atoms in total. The number of ether oxygens (including phenoxy) is 1. The Morgan fingerprint density at radius 2 is 1.81 bits per heavy atom. The maximum absolute atomic E-state index is 15.7. The molecule has 0 unspecified atom stereocenters. The normalized spacial score (nSPS) is 20.1. The van der Waals surface area contributed by atoms with Gasteiger partial charge in [-0.3, -0.25) is 23.9 Å². The molecule has 3 heterocycles. The molecule has 0 radical (unpaired) electrons. The van der Waals surface area contributed by atoms with Gasteiger partial charge in [0, 0.05) is 31.7 Å². The number of hydrogen-bond acceptors (Lipinski definition) is 9. The minimum absolute atomic E-state index is 0.0520. The molecule has 2 aromatic heterocycles. The lowest BCUT2D eigenvalue weighted by Gasteiger charge is -2.33. The molecule has 0 spiro atoms. The molecule has 1 aliphatic carbocycles. The number of nitrogens with zero attached hydrogens (tertiary/aromatic N) is 5. The molecule has 252 valence electrons. The van der Waals surface area contributed by atoms with E-state index in [1.165, 1.54) is 24.5 Å². The highest BCUT2D eigenvalue weighted by atomic mass is 32.1. The summed E-state index contributed by atoms with van der Waals surface area (Å²) in [6.07, 6.45) is 6.23. The van der Waals surface area contributed by atoms with Crippen molar-refractivity contribution in [2.75, 3.05) is 31.6 Å². The van der Waals surface area contributed by atoms with Crippen molar-refractivity contribution in [2.24, 2.45) is 11.8 Å². The largest absolute Gasteiger partial charge is 0.378 e. The van der Waals surface area contributed by atoms with Crippen LogP contribution in [0.15, 0.2) is 36.7 Å². The van der Waals surface area contributed by atoms with Gasteiger partial charge in [0.1, 0.15) is 28.5 Å². The third-order valence-corrected chi connectivity index (χ3v) is 9.75. The molecule has 3 aromatic rings. The second-order valence-electron chi connectivity index (χ2n) is 12.2. The van der Waals surface area contributed by atoms with Gasteiger partial charge in [-0.05, 0) is 66.9 Å². The van der Waals surface area contributed by atoms with Crippen molar-refractivity contribution in [3.05, 3.63) is 58.6 Å². The minimum atomic E-state index is -1.01. The van der Waals surface area contributed by atoms with Crippen LogP contribution in [0.1, 0.15) is 78.1 Å². The number of amides is 4.